The lowest BCUT2D eigenvalue weighted by atomic mass is 10.00. The van der Waals surface area contributed by atoms with Gasteiger partial charge in [0.15, 0.2) is 0 Å². The van der Waals surface area contributed by atoms with Crippen molar-refractivity contribution in [3.05, 3.63) is 59.2 Å². The summed E-state index contributed by atoms with van der Waals surface area (Å²) in [5.41, 5.74) is 2.88. The van der Waals surface area contributed by atoms with Crippen molar-refractivity contribution in [3.63, 3.8) is 0 Å². The van der Waals surface area contributed by atoms with Gasteiger partial charge in [-0.15, -0.1) is 0 Å². The highest BCUT2D eigenvalue weighted by molar-refractivity contribution is 6.39. The van der Waals surface area contributed by atoms with E-state index in [4.69, 9.17) is 0 Å². The fourth-order valence-corrected chi connectivity index (χ4v) is 4.59. The molecular weight excluding hydrogens is 459 g/mol. The molecule has 2 amide bonds. The monoisotopic (exact) mass is 489 g/mol. The summed E-state index contributed by atoms with van der Waals surface area (Å²) < 4.78 is 38.2. The van der Waals surface area contributed by atoms with Crippen molar-refractivity contribution >= 4 is 23.2 Å². The van der Waals surface area contributed by atoms with Crippen LogP contribution in [0.5, 0.6) is 0 Å². The normalized spacial score (nSPS) is 17.7. The molecule has 1 saturated heterocycles. The summed E-state index contributed by atoms with van der Waals surface area (Å²) in [7, 11) is 4.14. The molecule has 0 unspecified atom stereocenters. The van der Waals surface area contributed by atoms with E-state index < -0.39 is 23.6 Å². The highest BCUT2D eigenvalue weighted by Crippen LogP contribution is 2.32. The van der Waals surface area contributed by atoms with Crippen molar-refractivity contribution in [2.75, 3.05) is 63.6 Å². The molecule has 10 heteroatoms. The van der Waals surface area contributed by atoms with E-state index in [-0.39, 0.29) is 18.3 Å². The summed E-state index contributed by atoms with van der Waals surface area (Å²) in [5.74, 6) is -1.75. The maximum Gasteiger partial charge on any atom is 0.416 e. The first-order valence-corrected chi connectivity index (χ1v) is 11.6. The second-order valence-corrected chi connectivity index (χ2v) is 9.15. The average molecular weight is 490 g/mol. The van der Waals surface area contributed by atoms with Gasteiger partial charge < -0.3 is 20.4 Å². The van der Waals surface area contributed by atoms with Crippen LogP contribution in [0.15, 0.2) is 42.5 Å². The number of alkyl halides is 3. The second kappa shape index (κ2) is 10.2. The summed E-state index contributed by atoms with van der Waals surface area (Å²) in [5, 5.41) is 5.09. The molecule has 0 radical (unpaired) electrons. The van der Waals surface area contributed by atoms with Crippen LogP contribution >= 0.6 is 0 Å². The molecule has 7 nitrogen and oxygen atoms in total. The lowest BCUT2D eigenvalue weighted by molar-refractivity contribution is -0.137. The van der Waals surface area contributed by atoms with Gasteiger partial charge in [-0.3, -0.25) is 14.5 Å². The number of amides is 2. The number of anilines is 2. The number of rotatable bonds is 5. The Morgan fingerprint density at radius 2 is 1.63 bits per heavy atom. The van der Waals surface area contributed by atoms with Crippen LogP contribution in [0.2, 0.25) is 0 Å². The average Bonchev–Trinajstić information content (AvgIpc) is 3.20. The smallest absolute Gasteiger partial charge is 0.374 e. The van der Waals surface area contributed by atoms with Gasteiger partial charge in [-0.1, -0.05) is 12.1 Å². The number of fused-ring (bicyclic) bond motifs is 1. The van der Waals surface area contributed by atoms with Crippen LogP contribution in [0, 0.1) is 0 Å². The van der Waals surface area contributed by atoms with E-state index >= 15 is 0 Å². The van der Waals surface area contributed by atoms with E-state index in [0.29, 0.717) is 0 Å². The number of hydrogen-bond acceptors (Lipinski definition) is 5. The number of carbonyl (C=O) groups is 2. The Morgan fingerprint density at radius 1 is 0.943 bits per heavy atom. The Morgan fingerprint density at radius 3 is 2.29 bits per heavy atom. The molecule has 0 bridgehead atoms. The minimum absolute atomic E-state index is 0.0947. The van der Waals surface area contributed by atoms with Gasteiger partial charge in [-0.2, -0.15) is 13.2 Å². The van der Waals surface area contributed by atoms with Crippen LogP contribution in [0.1, 0.15) is 22.7 Å². The SMILES string of the molecule is CN1CCN([C@H](CNC(=O)C(=O)Nc2ccc(C(F)(F)F)cc2)c2ccc3c(c2)CCN3C)CC1. The second-order valence-electron chi connectivity index (χ2n) is 9.15. The van der Waals surface area contributed by atoms with Gasteiger partial charge in [0, 0.05) is 57.7 Å². The van der Waals surface area contributed by atoms with Crippen molar-refractivity contribution in [1.29, 1.82) is 0 Å². The molecule has 35 heavy (non-hydrogen) atoms. The van der Waals surface area contributed by atoms with Crippen LogP contribution in [-0.2, 0) is 22.2 Å². The minimum Gasteiger partial charge on any atom is -0.374 e. The Labute approximate surface area is 202 Å². The summed E-state index contributed by atoms with van der Waals surface area (Å²) in [6.45, 7) is 4.72. The Bertz CT molecular complexity index is 1070. The molecule has 2 aromatic rings. The largest absolute Gasteiger partial charge is 0.416 e. The van der Waals surface area contributed by atoms with Gasteiger partial charge in [0.2, 0.25) is 0 Å². The third-order valence-electron chi connectivity index (χ3n) is 6.73. The number of piperazine rings is 1. The van der Waals surface area contributed by atoms with Gasteiger partial charge in [0.25, 0.3) is 0 Å². The maximum absolute atomic E-state index is 12.7. The third kappa shape index (κ3) is 5.94. The molecule has 0 spiro atoms. The van der Waals surface area contributed by atoms with Gasteiger partial charge in [-0.25, -0.2) is 0 Å². The van der Waals surface area contributed by atoms with Crippen molar-refractivity contribution < 1.29 is 22.8 Å². The first-order valence-electron chi connectivity index (χ1n) is 11.6. The fraction of sp³-hybridized carbons (Fsp3) is 0.440. The molecule has 0 aliphatic carbocycles. The predicted octanol–water partition coefficient (Wildman–Crippen LogP) is 2.74. The molecule has 2 aliphatic rings. The number of carbonyl (C=O) groups excluding carboxylic acids is 2. The molecule has 188 valence electrons. The number of benzene rings is 2. The van der Waals surface area contributed by atoms with E-state index in [1.54, 1.807) is 0 Å². The molecule has 0 saturated carbocycles. The zero-order chi connectivity index (χ0) is 25.2. The van der Waals surface area contributed by atoms with E-state index in [1.807, 2.05) is 0 Å². The van der Waals surface area contributed by atoms with Gasteiger partial charge in [0.05, 0.1) is 11.6 Å². The fourth-order valence-electron chi connectivity index (χ4n) is 4.59. The number of nitrogens with one attached hydrogen (secondary N) is 2. The summed E-state index contributed by atoms with van der Waals surface area (Å²) >= 11 is 0. The van der Waals surface area contributed by atoms with E-state index in [9.17, 15) is 22.8 Å². The van der Waals surface area contributed by atoms with Crippen LogP contribution in [-0.4, -0.2) is 75.0 Å². The number of halogens is 3. The van der Waals surface area contributed by atoms with E-state index in [0.717, 1.165) is 69.0 Å². The van der Waals surface area contributed by atoms with Crippen LogP contribution in [0.25, 0.3) is 0 Å². The highest BCUT2D eigenvalue weighted by Gasteiger charge is 2.30. The van der Waals surface area contributed by atoms with Gasteiger partial charge >= 0.3 is 18.0 Å². The summed E-state index contributed by atoms with van der Waals surface area (Å²) in [6, 6.07) is 10.3. The third-order valence-corrected chi connectivity index (χ3v) is 6.73. The zero-order valence-corrected chi connectivity index (χ0v) is 19.9. The first-order chi connectivity index (χ1) is 16.6. The maximum atomic E-state index is 12.7. The lowest BCUT2D eigenvalue weighted by Crippen LogP contribution is -2.49. The molecule has 2 aromatic carbocycles. The number of nitrogens with zero attached hydrogens (tertiary/aromatic N) is 3. The number of hydrogen-bond donors (Lipinski definition) is 2. The Balaban J connectivity index is 1.42. The predicted molar refractivity (Wildman–Crippen MR) is 128 cm³/mol. The lowest BCUT2D eigenvalue weighted by Gasteiger charge is -2.38. The molecule has 2 N–H and O–H groups in total. The first kappa shape index (κ1) is 25.0. The molecular formula is C25H30F3N5O2. The molecule has 0 aromatic heterocycles. The quantitative estimate of drug-likeness (QED) is 0.633. The number of likely N-dealkylation sites (N-methyl/N-ethyl adjacent to an activating group) is 2. The Kier molecular flexibility index (Phi) is 7.32. The molecule has 2 aliphatic heterocycles. The standard InChI is InChI=1S/C25H30F3N5O2/c1-31-11-13-33(14-12-31)22(17-3-8-21-18(15-17)9-10-32(21)2)16-29-23(34)24(35)30-20-6-4-19(5-7-20)25(26,27)28/h3-8,15,22H,9-14,16H2,1-2H3,(H,29,34)(H,30,35)/t22-/m1/s1. The van der Waals surface area contributed by atoms with Crippen molar-refractivity contribution in [2.24, 2.45) is 0 Å². The Hall–Kier alpha value is -3.11. The molecule has 1 atom stereocenters. The van der Waals surface area contributed by atoms with Crippen LogP contribution < -0.4 is 15.5 Å². The van der Waals surface area contributed by atoms with Gasteiger partial charge in [0.1, 0.15) is 0 Å². The zero-order valence-electron chi connectivity index (χ0n) is 19.9. The minimum atomic E-state index is -4.47. The van der Waals surface area contributed by atoms with Crippen LogP contribution in [0.3, 0.4) is 0 Å². The van der Waals surface area contributed by atoms with Crippen molar-refractivity contribution in [2.45, 2.75) is 18.6 Å². The topological polar surface area (TPSA) is 67.9 Å². The summed E-state index contributed by atoms with van der Waals surface area (Å²) in [4.78, 5) is 31.7. The summed E-state index contributed by atoms with van der Waals surface area (Å²) in [6.07, 6.45) is -3.50. The van der Waals surface area contributed by atoms with Crippen molar-refractivity contribution in [3.8, 4) is 0 Å². The van der Waals surface area contributed by atoms with E-state index in [2.05, 4.69) is 57.6 Å². The molecule has 2 heterocycles. The van der Waals surface area contributed by atoms with Gasteiger partial charge in [-0.05, 0) is 54.9 Å². The van der Waals surface area contributed by atoms with Crippen LogP contribution in [0.4, 0.5) is 24.5 Å². The van der Waals surface area contributed by atoms with E-state index in [1.165, 1.54) is 11.3 Å². The van der Waals surface area contributed by atoms with Crippen molar-refractivity contribution in [1.82, 2.24) is 15.1 Å². The highest BCUT2D eigenvalue weighted by atomic mass is 19.4. The molecule has 1 fully saturated rings. The molecule has 4 rings (SSSR count).